The summed E-state index contributed by atoms with van der Waals surface area (Å²) in [7, 11) is 0. The van der Waals surface area contributed by atoms with Crippen LogP contribution in [-0.4, -0.2) is 28.9 Å². The number of benzene rings is 1. The van der Waals surface area contributed by atoms with Crippen LogP contribution in [-0.2, 0) is 9.59 Å². The van der Waals surface area contributed by atoms with Crippen molar-refractivity contribution in [3.8, 4) is 0 Å². The normalized spacial score (nSPS) is 11.9. The van der Waals surface area contributed by atoms with Gasteiger partial charge in [-0.25, -0.2) is 0 Å². The number of hydrogen-bond donors (Lipinski definition) is 3. The summed E-state index contributed by atoms with van der Waals surface area (Å²) in [6.45, 7) is 7.10. The van der Waals surface area contributed by atoms with E-state index in [0.29, 0.717) is 17.7 Å². The van der Waals surface area contributed by atoms with Gasteiger partial charge in [0, 0.05) is 17.7 Å². The van der Waals surface area contributed by atoms with Gasteiger partial charge in [-0.3, -0.25) is 14.4 Å². The van der Waals surface area contributed by atoms with Gasteiger partial charge in [0.15, 0.2) is 0 Å². The van der Waals surface area contributed by atoms with Crippen molar-refractivity contribution in [2.75, 3.05) is 5.32 Å². The third-order valence-corrected chi connectivity index (χ3v) is 3.07. The van der Waals surface area contributed by atoms with E-state index in [0.717, 1.165) is 5.56 Å². The summed E-state index contributed by atoms with van der Waals surface area (Å²) in [5.41, 5.74) is 1.74. The number of carbonyl (C=O) groups excluding carboxylic acids is 2. The van der Waals surface area contributed by atoms with Crippen LogP contribution in [0.5, 0.6) is 0 Å². The van der Waals surface area contributed by atoms with Crippen LogP contribution in [0.15, 0.2) is 18.2 Å². The molecule has 0 aliphatic heterocycles. The zero-order chi connectivity index (χ0) is 16.9. The van der Waals surface area contributed by atoms with Crippen molar-refractivity contribution in [2.45, 2.75) is 40.2 Å². The number of rotatable bonds is 6. The van der Waals surface area contributed by atoms with E-state index >= 15 is 0 Å². The molecule has 0 aromatic heterocycles. The zero-order valence-corrected chi connectivity index (χ0v) is 13.3. The second-order valence-electron chi connectivity index (χ2n) is 5.71. The van der Waals surface area contributed by atoms with Gasteiger partial charge in [-0.2, -0.15) is 0 Å². The molecule has 0 fully saturated rings. The van der Waals surface area contributed by atoms with Crippen LogP contribution in [0.3, 0.4) is 0 Å². The number of aryl methyl sites for hydroxylation is 1. The van der Waals surface area contributed by atoms with Crippen LogP contribution < -0.4 is 10.6 Å². The Morgan fingerprint density at radius 3 is 2.32 bits per heavy atom. The average molecular weight is 306 g/mol. The van der Waals surface area contributed by atoms with E-state index in [-0.39, 0.29) is 11.8 Å². The average Bonchev–Trinajstić information content (AvgIpc) is 2.39. The molecule has 1 atom stereocenters. The van der Waals surface area contributed by atoms with E-state index in [1.54, 1.807) is 25.1 Å². The van der Waals surface area contributed by atoms with E-state index in [9.17, 15) is 14.4 Å². The number of carbonyl (C=O) groups is 3. The molecule has 1 unspecified atom stereocenters. The van der Waals surface area contributed by atoms with Gasteiger partial charge >= 0.3 is 5.97 Å². The van der Waals surface area contributed by atoms with Crippen LogP contribution in [0.4, 0.5) is 5.69 Å². The lowest BCUT2D eigenvalue weighted by Gasteiger charge is -2.13. The third-order valence-electron chi connectivity index (χ3n) is 3.07. The Kier molecular flexibility index (Phi) is 6.10. The van der Waals surface area contributed by atoms with Gasteiger partial charge in [0.1, 0.15) is 6.04 Å². The molecule has 0 saturated carbocycles. The zero-order valence-electron chi connectivity index (χ0n) is 13.3. The Morgan fingerprint density at radius 2 is 1.82 bits per heavy atom. The number of nitrogens with one attached hydrogen (secondary N) is 2. The molecular weight excluding hydrogens is 284 g/mol. The lowest BCUT2D eigenvalue weighted by molar-refractivity contribution is -0.138. The van der Waals surface area contributed by atoms with E-state index in [2.05, 4.69) is 10.6 Å². The van der Waals surface area contributed by atoms with Gasteiger partial charge in [0.05, 0.1) is 0 Å². The Morgan fingerprint density at radius 1 is 1.18 bits per heavy atom. The standard InChI is InChI=1S/C16H22N2O4/c1-9(2)7-14(19)18-13-6-5-12(8-10(13)3)15(20)17-11(4)16(21)22/h5-6,8-9,11H,7H2,1-4H3,(H,17,20)(H,18,19)(H,21,22). The Balaban J connectivity index is 2.79. The molecule has 0 bridgehead atoms. The van der Waals surface area contributed by atoms with Gasteiger partial charge < -0.3 is 15.7 Å². The maximum atomic E-state index is 11.9. The number of carboxylic acids is 1. The van der Waals surface area contributed by atoms with Crippen molar-refractivity contribution in [1.29, 1.82) is 0 Å². The second kappa shape index (κ2) is 7.59. The highest BCUT2D eigenvalue weighted by molar-refractivity contribution is 5.98. The molecule has 0 spiro atoms. The van der Waals surface area contributed by atoms with Crippen molar-refractivity contribution < 1.29 is 19.5 Å². The molecular formula is C16H22N2O4. The summed E-state index contributed by atoms with van der Waals surface area (Å²) in [6.07, 6.45) is 0.428. The first-order valence-electron chi connectivity index (χ1n) is 7.15. The van der Waals surface area contributed by atoms with E-state index < -0.39 is 17.9 Å². The number of aliphatic carboxylic acids is 1. The lowest BCUT2D eigenvalue weighted by atomic mass is 10.1. The van der Waals surface area contributed by atoms with Crippen molar-refractivity contribution in [2.24, 2.45) is 5.92 Å². The van der Waals surface area contributed by atoms with Gasteiger partial charge in [-0.1, -0.05) is 13.8 Å². The third kappa shape index (κ3) is 5.20. The summed E-state index contributed by atoms with van der Waals surface area (Å²) < 4.78 is 0. The van der Waals surface area contributed by atoms with Crippen molar-refractivity contribution in [3.63, 3.8) is 0 Å². The van der Waals surface area contributed by atoms with Gasteiger partial charge in [-0.15, -0.1) is 0 Å². The van der Waals surface area contributed by atoms with E-state index in [1.807, 2.05) is 13.8 Å². The molecule has 2 amide bonds. The number of carboxylic acid groups (broad SMARTS) is 1. The van der Waals surface area contributed by atoms with Crippen LogP contribution in [0.2, 0.25) is 0 Å². The topological polar surface area (TPSA) is 95.5 Å². The van der Waals surface area contributed by atoms with Crippen LogP contribution >= 0.6 is 0 Å². The first-order valence-corrected chi connectivity index (χ1v) is 7.15. The molecule has 1 rings (SSSR count). The van der Waals surface area contributed by atoms with Crippen LogP contribution in [0.1, 0.15) is 43.1 Å². The summed E-state index contributed by atoms with van der Waals surface area (Å²) in [6, 6.07) is 3.86. The fraction of sp³-hybridized carbons (Fsp3) is 0.438. The highest BCUT2D eigenvalue weighted by Crippen LogP contribution is 2.17. The summed E-state index contributed by atoms with van der Waals surface area (Å²) >= 11 is 0. The molecule has 1 aromatic carbocycles. The molecule has 22 heavy (non-hydrogen) atoms. The Hall–Kier alpha value is -2.37. The van der Waals surface area contributed by atoms with Gasteiger partial charge in [-0.05, 0) is 43.5 Å². The van der Waals surface area contributed by atoms with E-state index in [1.165, 1.54) is 6.92 Å². The lowest BCUT2D eigenvalue weighted by Crippen LogP contribution is -2.38. The molecule has 6 nitrogen and oxygen atoms in total. The quantitative estimate of drug-likeness (QED) is 0.750. The van der Waals surface area contributed by atoms with Gasteiger partial charge in [0.2, 0.25) is 5.91 Å². The molecule has 0 aliphatic carbocycles. The van der Waals surface area contributed by atoms with E-state index in [4.69, 9.17) is 5.11 Å². The fourth-order valence-electron chi connectivity index (χ4n) is 1.86. The number of anilines is 1. The SMILES string of the molecule is Cc1cc(C(=O)NC(C)C(=O)O)ccc1NC(=O)CC(C)C. The maximum Gasteiger partial charge on any atom is 0.325 e. The molecule has 120 valence electrons. The molecule has 0 saturated heterocycles. The monoisotopic (exact) mass is 306 g/mol. The highest BCUT2D eigenvalue weighted by Gasteiger charge is 2.16. The minimum Gasteiger partial charge on any atom is -0.480 e. The predicted molar refractivity (Wildman–Crippen MR) is 83.8 cm³/mol. The highest BCUT2D eigenvalue weighted by atomic mass is 16.4. The largest absolute Gasteiger partial charge is 0.480 e. The van der Waals surface area contributed by atoms with Crippen LogP contribution in [0, 0.1) is 12.8 Å². The fourth-order valence-corrected chi connectivity index (χ4v) is 1.86. The van der Waals surface area contributed by atoms with Crippen molar-refractivity contribution in [3.05, 3.63) is 29.3 Å². The number of amides is 2. The minimum absolute atomic E-state index is 0.0743. The summed E-state index contributed by atoms with van der Waals surface area (Å²) in [5.74, 6) is -1.36. The predicted octanol–water partition coefficient (Wildman–Crippen LogP) is 2.18. The second-order valence-corrected chi connectivity index (χ2v) is 5.71. The Labute approximate surface area is 129 Å². The first-order chi connectivity index (χ1) is 10.2. The van der Waals surface area contributed by atoms with Crippen LogP contribution in [0.25, 0.3) is 0 Å². The van der Waals surface area contributed by atoms with Crippen molar-refractivity contribution in [1.82, 2.24) is 5.32 Å². The van der Waals surface area contributed by atoms with Crippen molar-refractivity contribution >= 4 is 23.5 Å². The summed E-state index contributed by atoms with van der Waals surface area (Å²) in [5, 5.41) is 14.0. The Bertz CT molecular complexity index is 582. The maximum absolute atomic E-state index is 11.9. The smallest absolute Gasteiger partial charge is 0.325 e. The molecule has 0 radical (unpaired) electrons. The molecule has 0 heterocycles. The first kappa shape index (κ1) is 17.7. The molecule has 3 N–H and O–H groups in total. The number of hydrogen-bond acceptors (Lipinski definition) is 3. The molecule has 6 heteroatoms. The summed E-state index contributed by atoms with van der Waals surface area (Å²) in [4.78, 5) is 34.4. The minimum atomic E-state index is -1.09. The van der Waals surface area contributed by atoms with Gasteiger partial charge in [0.25, 0.3) is 5.91 Å². The molecule has 1 aromatic rings. The molecule has 0 aliphatic rings.